The fraction of sp³-hybridized carbons (Fsp3) is 0.562. The Labute approximate surface area is 125 Å². The van der Waals surface area contributed by atoms with Crippen LogP contribution in [0.4, 0.5) is 0 Å². The monoisotopic (exact) mass is 295 g/mol. The molecule has 0 radical (unpaired) electrons. The Bertz CT molecular complexity index is 482. The third-order valence-corrected chi connectivity index (χ3v) is 3.56. The minimum atomic E-state index is -0.0774. The van der Waals surface area contributed by atoms with Gasteiger partial charge in [0, 0.05) is 18.0 Å². The summed E-state index contributed by atoms with van der Waals surface area (Å²) in [6.07, 6.45) is 0.487. The maximum absolute atomic E-state index is 12.3. The zero-order valence-corrected chi connectivity index (χ0v) is 13.1. The maximum atomic E-state index is 12.3. The second-order valence-corrected chi connectivity index (χ2v) is 6.93. The standard InChI is InChI=1S/C16H22ClNO2/c1-16(2,3)10-15(19)18-7-8-20-14(11-18)12-5-4-6-13(17)9-12/h4-6,9,14H,7-8,10-11H2,1-3H3. The van der Waals surface area contributed by atoms with Crippen molar-refractivity contribution in [3.05, 3.63) is 34.9 Å². The van der Waals surface area contributed by atoms with Gasteiger partial charge in [0.15, 0.2) is 0 Å². The Balaban J connectivity index is 2.03. The Kier molecular flexibility index (Phi) is 4.71. The lowest BCUT2D eigenvalue weighted by Gasteiger charge is -2.34. The summed E-state index contributed by atoms with van der Waals surface area (Å²) in [5, 5.41) is 0.698. The maximum Gasteiger partial charge on any atom is 0.223 e. The molecule has 20 heavy (non-hydrogen) atoms. The number of benzene rings is 1. The van der Waals surface area contributed by atoms with Crippen molar-refractivity contribution in [3.63, 3.8) is 0 Å². The van der Waals surface area contributed by atoms with Gasteiger partial charge in [0.25, 0.3) is 0 Å². The van der Waals surface area contributed by atoms with Crippen LogP contribution < -0.4 is 0 Å². The molecule has 4 heteroatoms. The predicted molar refractivity (Wildman–Crippen MR) is 80.8 cm³/mol. The molecule has 0 aliphatic carbocycles. The third kappa shape index (κ3) is 4.22. The van der Waals surface area contributed by atoms with Crippen molar-refractivity contribution in [3.8, 4) is 0 Å². The first kappa shape index (κ1) is 15.3. The molecule has 110 valence electrons. The van der Waals surface area contributed by atoms with Gasteiger partial charge in [-0.3, -0.25) is 4.79 Å². The first-order valence-electron chi connectivity index (χ1n) is 7.00. The molecule has 3 nitrogen and oxygen atoms in total. The van der Waals surface area contributed by atoms with E-state index in [4.69, 9.17) is 16.3 Å². The van der Waals surface area contributed by atoms with Crippen LogP contribution in [0.3, 0.4) is 0 Å². The van der Waals surface area contributed by atoms with Crippen LogP contribution in [0.15, 0.2) is 24.3 Å². The highest BCUT2D eigenvalue weighted by Gasteiger charge is 2.27. The van der Waals surface area contributed by atoms with E-state index >= 15 is 0 Å². The lowest BCUT2D eigenvalue weighted by atomic mass is 9.91. The number of hydrogen-bond acceptors (Lipinski definition) is 2. The molecule has 1 heterocycles. The van der Waals surface area contributed by atoms with Crippen LogP contribution >= 0.6 is 11.6 Å². The van der Waals surface area contributed by atoms with E-state index in [1.807, 2.05) is 29.2 Å². The van der Waals surface area contributed by atoms with E-state index in [-0.39, 0.29) is 17.4 Å². The average molecular weight is 296 g/mol. The molecular weight excluding hydrogens is 274 g/mol. The van der Waals surface area contributed by atoms with Gasteiger partial charge in [-0.25, -0.2) is 0 Å². The van der Waals surface area contributed by atoms with Crippen molar-refractivity contribution >= 4 is 17.5 Å². The molecular formula is C16H22ClNO2. The summed E-state index contributed by atoms with van der Waals surface area (Å²) < 4.78 is 5.78. The molecule has 1 aliphatic heterocycles. The zero-order valence-electron chi connectivity index (χ0n) is 12.4. The molecule has 0 saturated carbocycles. The normalized spacial score (nSPS) is 20.0. The molecule has 1 atom stereocenters. The average Bonchev–Trinajstić information content (AvgIpc) is 2.37. The lowest BCUT2D eigenvalue weighted by molar-refractivity contribution is -0.140. The van der Waals surface area contributed by atoms with E-state index in [1.165, 1.54) is 0 Å². The van der Waals surface area contributed by atoms with Crippen LogP contribution in [-0.2, 0) is 9.53 Å². The molecule has 1 aliphatic rings. The molecule has 1 saturated heterocycles. The van der Waals surface area contributed by atoms with E-state index < -0.39 is 0 Å². The van der Waals surface area contributed by atoms with Crippen LogP contribution in [0.25, 0.3) is 0 Å². The fourth-order valence-electron chi connectivity index (χ4n) is 2.35. The molecule has 0 aromatic heterocycles. The molecule has 1 fully saturated rings. The highest BCUT2D eigenvalue weighted by atomic mass is 35.5. The Morgan fingerprint density at radius 3 is 2.85 bits per heavy atom. The van der Waals surface area contributed by atoms with Crippen LogP contribution in [0, 0.1) is 5.41 Å². The van der Waals surface area contributed by atoms with Gasteiger partial charge in [-0.2, -0.15) is 0 Å². The van der Waals surface area contributed by atoms with Gasteiger partial charge < -0.3 is 9.64 Å². The highest BCUT2D eigenvalue weighted by molar-refractivity contribution is 6.30. The summed E-state index contributed by atoms with van der Waals surface area (Å²) in [5.74, 6) is 0.202. The second kappa shape index (κ2) is 6.15. The Morgan fingerprint density at radius 1 is 1.45 bits per heavy atom. The number of carbonyl (C=O) groups excluding carboxylic acids is 1. The largest absolute Gasteiger partial charge is 0.370 e. The summed E-state index contributed by atoms with van der Waals surface area (Å²) in [6, 6.07) is 7.66. The molecule has 0 bridgehead atoms. The van der Waals surface area contributed by atoms with E-state index in [1.54, 1.807) is 0 Å². The number of carbonyl (C=O) groups is 1. The van der Waals surface area contributed by atoms with E-state index in [2.05, 4.69) is 20.8 Å². The van der Waals surface area contributed by atoms with Crippen molar-refractivity contribution < 1.29 is 9.53 Å². The van der Waals surface area contributed by atoms with Crippen LogP contribution in [-0.4, -0.2) is 30.5 Å². The van der Waals surface area contributed by atoms with Gasteiger partial charge in [0.2, 0.25) is 5.91 Å². The number of amides is 1. The summed E-state index contributed by atoms with van der Waals surface area (Å²) in [6.45, 7) is 8.10. The smallest absolute Gasteiger partial charge is 0.223 e. The van der Waals surface area contributed by atoms with Crippen molar-refractivity contribution in [2.24, 2.45) is 5.41 Å². The molecule has 2 rings (SSSR count). The Morgan fingerprint density at radius 2 is 2.20 bits per heavy atom. The summed E-state index contributed by atoms with van der Waals surface area (Å²) >= 11 is 6.01. The number of ether oxygens (including phenoxy) is 1. The van der Waals surface area contributed by atoms with Gasteiger partial charge >= 0.3 is 0 Å². The van der Waals surface area contributed by atoms with Crippen molar-refractivity contribution in [1.82, 2.24) is 4.90 Å². The first-order valence-corrected chi connectivity index (χ1v) is 7.38. The number of morpholine rings is 1. The molecule has 1 unspecified atom stereocenters. The molecule has 0 N–H and O–H groups in total. The topological polar surface area (TPSA) is 29.5 Å². The van der Waals surface area contributed by atoms with Crippen molar-refractivity contribution in [1.29, 1.82) is 0 Å². The zero-order chi connectivity index (χ0) is 14.8. The van der Waals surface area contributed by atoms with Gasteiger partial charge in [0.05, 0.1) is 13.2 Å². The summed E-state index contributed by atoms with van der Waals surface area (Å²) in [4.78, 5) is 14.2. The SMILES string of the molecule is CC(C)(C)CC(=O)N1CCOC(c2cccc(Cl)c2)C1. The fourth-order valence-corrected chi connectivity index (χ4v) is 2.55. The predicted octanol–water partition coefficient (Wildman–Crippen LogP) is 3.68. The van der Waals surface area contributed by atoms with Gasteiger partial charge in [-0.15, -0.1) is 0 Å². The highest BCUT2D eigenvalue weighted by Crippen LogP contribution is 2.26. The van der Waals surface area contributed by atoms with E-state index in [0.717, 1.165) is 5.56 Å². The molecule has 1 aromatic rings. The van der Waals surface area contributed by atoms with Crippen LogP contribution in [0.5, 0.6) is 0 Å². The second-order valence-electron chi connectivity index (χ2n) is 6.49. The summed E-state index contributed by atoms with van der Waals surface area (Å²) in [5.41, 5.74) is 1.05. The molecule has 1 aromatic carbocycles. The van der Waals surface area contributed by atoms with Gasteiger partial charge in [-0.05, 0) is 23.1 Å². The molecule has 1 amide bonds. The first-order chi connectivity index (χ1) is 9.35. The van der Waals surface area contributed by atoms with Gasteiger partial charge in [-0.1, -0.05) is 44.5 Å². The van der Waals surface area contributed by atoms with E-state index in [9.17, 15) is 4.79 Å². The Hall–Kier alpha value is -1.06. The minimum absolute atomic E-state index is 0.0148. The number of rotatable bonds is 2. The van der Waals surface area contributed by atoms with Crippen LogP contribution in [0.1, 0.15) is 38.9 Å². The van der Waals surface area contributed by atoms with Crippen LogP contribution in [0.2, 0.25) is 5.02 Å². The third-order valence-electron chi connectivity index (χ3n) is 3.32. The number of halogens is 1. The van der Waals surface area contributed by atoms with Crippen molar-refractivity contribution in [2.75, 3.05) is 19.7 Å². The lowest BCUT2D eigenvalue weighted by Crippen LogP contribution is -2.43. The number of nitrogens with zero attached hydrogens (tertiary/aromatic N) is 1. The minimum Gasteiger partial charge on any atom is -0.370 e. The quantitative estimate of drug-likeness (QED) is 0.833. The molecule has 0 spiro atoms. The van der Waals surface area contributed by atoms with Gasteiger partial charge in [0.1, 0.15) is 6.10 Å². The summed E-state index contributed by atoms with van der Waals surface area (Å²) in [7, 11) is 0. The van der Waals surface area contributed by atoms with Crippen molar-refractivity contribution in [2.45, 2.75) is 33.3 Å². The van der Waals surface area contributed by atoms with E-state index in [0.29, 0.717) is 31.1 Å². The number of hydrogen-bond donors (Lipinski definition) is 0.